The van der Waals surface area contributed by atoms with Crippen LogP contribution in [0.25, 0.3) is 33.2 Å². The number of nitrogens with zero attached hydrogens (tertiary/aromatic N) is 4. The topological polar surface area (TPSA) is 589 Å². The van der Waals surface area contributed by atoms with Gasteiger partial charge in [-0.1, -0.05) is 88.3 Å². The molecule has 0 aliphatic carbocycles. The monoisotopic (exact) mass is 1940 g/mol. The maximum atomic E-state index is 13.8. The molecular weight excluding hydrogens is 1820 g/mol. The van der Waals surface area contributed by atoms with Crippen LogP contribution in [0.2, 0.25) is 0 Å². The molecule has 3 aromatic heterocycles. The van der Waals surface area contributed by atoms with Crippen LogP contribution in [-0.4, -0.2) is 237 Å². The Morgan fingerprint density at radius 2 is 1.23 bits per heavy atom. The highest BCUT2D eigenvalue weighted by molar-refractivity contribution is 8.76. The molecule has 43 heteroatoms. The molecule has 5 aromatic rings. The zero-order valence-corrected chi connectivity index (χ0v) is 80.1. The lowest BCUT2D eigenvalue weighted by atomic mass is 9.69. The van der Waals surface area contributed by atoms with Gasteiger partial charge < -0.3 is 110 Å². The first-order chi connectivity index (χ1) is 64.5. The van der Waals surface area contributed by atoms with Gasteiger partial charge in [-0.05, 0) is 159 Å². The summed E-state index contributed by atoms with van der Waals surface area (Å²) >= 11 is 0. The molecule has 6 amide bonds. The fourth-order valence-electron chi connectivity index (χ4n) is 17.0. The normalized spacial score (nSPS) is 18.8. The summed E-state index contributed by atoms with van der Waals surface area (Å²) in [6.07, 6.45) is -0.252. The Hall–Kier alpha value is -12.1. The molecule has 0 spiro atoms. The maximum Gasteiger partial charge on any atom is 0.514 e. The van der Waals surface area contributed by atoms with Gasteiger partial charge in [-0.3, -0.25) is 62.5 Å². The molecule has 12 N–H and O–H groups in total. The molecule has 0 radical (unpaired) electrons. The predicted molar refractivity (Wildman–Crippen MR) is 490 cm³/mol. The number of hydrogen-bond acceptors (Lipinski definition) is 34. The van der Waals surface area contributed by atoms with E-state index in [1.54, 1.807) is 96.9 Å². The lowest BCUT2D eigenvalue weighted by Crippen LogP contribution is -2.61. The molecule has 10 rings (SSSR count). The van der Waals surface area contributed by atoms with Gasteiger partial charge in [-0.15, -0.1) is 0 Å². The molecule has 2 fully saturated rings. The summed E-state index contributed by atoms with van der Waals surface area (Å²) in [5.74, 6) is -10.1. The molecule has 8 unspecified atom stereocenters. The molecule has 136 heavy (non-hydrogen) atoms. The number of benzene rings is 2. The number of hydrogen-bond donors (Lipinski definition) is 10. The Kier molecular flexibility index (Phi) is 38.0. The van der Waals surface area contributed by atoms with Crippen LogP contribution in [0.15, 0.2) is 59.4 Å². The van der Waals surface area contributed by atoms with Crippen LogP contribution in [0.3, 0.4) is 0 Å². The molecule has 8 heterocycles. The van der Waals surface area contributed by atoms with E-state index in [1.807, 2.05) is 44.2 Å². The van der Waals surface area contributed by atoms with Crippen LogP contribution in [0.5, 0.6) is 5.75 Å². The predicted octanol–water partition coefficient (Wildman–Crippen LogP) is 6.62. The third-order valence-corrected chi connectivity index (χ3v) is 27.3. The van der Waals surface area contributed by atoms with E-state index in [4.69, 9.17) is 79.0 Å². The largest absolute Gasteiger partial charge is 0.514 e. The molecule has 41 nitrogen and oxygen atoms in total. The summed E-state index contributed by atoms with van der Waals surface area (Å²) in [4.78, 5) is 227. The van der Waals surface area contributed by atoms with Crippen LogP contribution in [0.1, 0.15) is 206 Å². The molecular formula is C93H123N11O30S2. The van der Waals surface area contributed by atoms with Gasteiger partial charge >= 0.3 is 60.1 Å². The smallest absolute Gasteiger partial charge is 0.480 e. The van der Waals surface area contributed by atoms with E-state index in [0.29, 0.717) is 71.7 Å². The number of nitrogens with one attached hydrogen (secondary N) is 5. The number of carboxylic acids is 2. The van der Waals surface area contributed by atoms with Gasteiger partial charge in [-0.2, -0.15) is 0 Å². The first kappa shape index (κ1) is 108. The molecule has 5 aliphatic heterocycles. The number of para-hydroxylation sites is 1. The summed E-state index contributed by atoms with van der Waals surface area (Å²) in [6, 6.07) is 11.5. The molecule has 742 valence electrons. The van der Waals surface area contributed by atoms with E-state index >= 15 is 0 Å². The van der Waals surface area contributed by atoms with Crippen molar-refractivity contribution >= 4 is 139 Å². The van der Waals surface area contributed by atoms with Crippen molar-refractivity contribution < 1.29 is 139 Å². The van der Waals surface area contributed by atoms with Crippen molar-refractivity contribution in [1.82, 2.24) is 46.0 Å². The quantitative estimate of drug-likeness (QED) is 0.00630. The zero-order chi connectivity index (χ0) is 99.9. The number of aliphatic hydroxyl groups is 1. The van der Waals surface area contributed by atoms with Gasteiger partial charge in [0.25, 0.3) is 5.56 Å². The van der Waals surface area contributed by atoms with Gasteiger partial charge in [-0.25, -0.2) is 29.0 Å². The number of carbonyl (C=O) groups excluding carboxylic acids is 14. The second kappa shape index (κ2) is 48.1. The Labute approximate surface area is 792 Å². The molecule has 0 bridgehead atoms. The summed E-state index contributed by atoms with van der Waals surface area (Å²) in [7, 11) is 2.77. The molecule has 2 aromatic carbocycles. The summed E-state index contributed by atoms with van der Waals surface area (Å²) < 4.78 is 55.1. The van der Waals surface area contributed by atoms with Crippen LogP contribution in [-0.2, 0) is 141 Å². The number of piperidine rings is 1. The van der Waals surface area contributed by atoms with Crippen molar-refractivity contribution in [2.75, 3.05) is 77.4 Å². The number of aliphatic carboxylic acids is 2. The van der Waals surface area contributed by atoms with Crippen LogP contribution >= 0.6 is 21.6 Å². The number of aryl methyl sites for hydroxylation is 1. The van der Waals surface area contributed by atoms with Gasteiger partial charge in [0.1, 0.15) is 76.2 Å². The van der Waals surface area contributed by atoms with Gasteiger partial charge in [0.2, 0.25) is 41.0 Å². The Balaban J connectivity index is 0.000000305. The van der Waals surface area contributed by atoms with E-state index in [1.165, 1.54) is 27.7 Å². The van der Waals surface area contributed by atoms with Gasteiger partial charge in [0.15, 0.2) is 12.2 Å². The highest BCUT2D eigenvalue weighted by Gasteiger charge is 2.60. The number of ether oxygens (including phenoxy) is 10. The highest BCUT2D eigenvalue weighted by Crippen LogP contribution is 2.52. The number of carboxylic acid groups (broad SMARTS) is 2. The minimum Gasteiger partial charge on any atom is -0.480 e. The number of carbonyl (C=O) groups is 16. The number of aromatic nitrogens is 3. The van der Waals surface area contributed by atoms with Crippen molar-refractivity contribution in [3.05, 3.63) is 98.5 Å². The fraction of sp³-hybridized carbons (Fsp3) is 0.581. The minimum atomic E-state index is -1.90. The zero-order valence-electron chi connectivity index (χ0n) is 78.4. The summed E-state index contributed by atoms with van der Waals surface area (Å²) in [6.45, 7) is 19.2. The molecule has 0 saturated carbocycles. The standard InChI is InChI=1S/C48H65N5O17.C45H58N6O13S2/c1-8-27-28-20-26(12-14-34(28)52-38-29(27)22-53-35(38)21-31-30(40(53)57)23-68-44(62)48(31,64)11-4)70-45(63)69-24-37(55)65-18-19-67-43(61)47(7,10-3)25-46(5,6)42(60)66-17-16-50-39(56)33(9-2)51-36(54)15-13-32(49)41(58)59;1-6-26(37(53)47-15-16-48-38(54)32(7-2)49-35(52)14-13-31(46)40(56)57)23-44(4,5)41(58)61-17-19-65-66-20-18-62-43(60)64-45(8-3)30-22-34-36-28(21-27-11-9-10-12-33(27)50-36)24-51(34)39(55)29(30)25-63-42(45)59/h12,14,20,30-33,35,64H,8-11,13,15-19,21-25,49H2,1-7H3,(H,50,56)(H,51,54)(H,58,59);9-12,21-22,26,31-32H,6-8,13-20,23-25,46H2,1-5H3,(H,47,53)(H,48,54)(H,49,52)(H,56,57)/t30?,31?,32?,33-,35?,47?,48-;26?,31?,32?,45-/m10/s1. The van der Waals surface area contributed by atoms with Crippen molar-refractivity contribution in [2.24, 2.45) is 45.5 Å². The Morgan fingerprint density at radius 1 is 0.625 bits per heavy atom. The van der Waals surface area contributed by atoms with E-state index in [9.17, 15) is 86.6 Å². The number of esters is 6. The third kappa shape index (κ3) is 26.4. The molecule has 11 atom stereocenters. The molecule has 2 saturated heterocycles. The summed E-state index contributed by atoms with van der Waals surface area (Å²) in [5.41, 5.74) is 9.78. The lowest BCUT2D eigenvalue weighted by Gasteiger charge is -2.48. The number of cyclic esters (lactones) is 2. The Bertz CT molecular complexity index is 5380. The number of nitrogens with two attached hydrogens (primary N) is 2. The number of amides is 6. The van der Waals surface area contributed by atoms with Crippen molar-refractivity contribution in [3.8, 4) is 17.1 Å². The number of pyridine rings is 3. The fourth-order valence-corrected chi connectivity index (χ4v) is 18.7. The van der Waals surface area contributed by atoms with Crippen LogP contribution in [0, 0.1) is 34.0 Å². The van der Waals surface area contributed by atoms with E-state index in [2.05, 4.69) is 26.6 Å². The average Bonchev–Trinajstić information content (AvgIpc) is 1.36. The number of rotatable bonds is 47. The lowest BCUT2D eigenvalue weighted by molar-refractivity contribution is -0.202. The minimum absolute atomic E-state index is 0.00868. The number of fused-ring (bicyclic) bond motifs is 10. The Morgan fingerprint density at radius 3 is 1.84 bits per heavy atom. The van der Waals surface area contributed by atoms with Crippen LogP contribution in [0.4, 0.5) is 9.59 Å². The van der Waals surface area contributed by atoms with Gasteiger partial charge in [0.05, 0.1) is 75.0 Å². The summed E-state index contributed by atoms with van der Waals surface area (Å²) in [5, 5.41) is 43.8. The van der Waals surface area contributed by atoms with Crippen molar-refractivity contribution in [2.45, 2.75) is 234 Å². The maximum absolute atomic E-state index is 13.8. The van der Waals surface area contributed by atoms with Crippen molar-refractivity contribution in [1.29, 1.82) is 0 Å². The van der Waals surface area contributed by atoms with Crippen molar-refractivity contribution in [3.63, 3.8) is 0 Å². The van der Waals surface area contributed by atoms with E-state index < -0.39 is 166 Å². The SMILES string of the molecule is CCC(CC(C)(C)C(=O)OCCSSCCOC(=O)O[C@]1(CC)C(=O)OCc2c1cc1n(c2=O)Cc2cc3ccccc3nc2-1)C(=O)NCCNC(=O)C(CC)NC(=O)CCC(N)C(=O)O.CCc1c2c(nc3ccc(OC(=O)OCC(=O)OCCOC(=O)C(C)(CC)CC(C)(C)C(=O)OCCNC(=O)[C@@H](CC)NC(=O)CCC(N)C(=O)O)cc13)C1CC3C(COC(=O)[C@@]3(O)CC)C(=O)N1C2. The van der Waals surface area contributed by atoms with Crippen LogP contribution < -0.4 is 48.3 Å². The average molecular weight is 1940 g/mol. The van der Waals surface area contributed by atoms with E-state index in [0.717, 1.165) is 27.6 Å². The first-order valence-corrected chi connectivity index (χ1v) is 48.0. The molecule has 5 aliphatic rings. The first-order valence-electron chi connectivity index (χ1n) is 45.5. The van der Waals surface area contributed by atoms with E-state index in [-0.39, 0.29) is 171 Å². The second-order valence-electron chi connectivity index (χ2n) is 35.2. The van der Waals surface area contributed by atoms with Gasteiger partial charge in [0, 0.05) is 77.7 Å². The highest BCUT2D eigenvalue weighted by atomic mass is 33.1. The third-order valence-electron chi connectivity index (χ3n) is 25.0. The second-order valence-corrected chi connectivity index (χ2v) is 37.9.